The lowest BCUT2D eigenvalue weighted by atomic mass is 10.00. The lowest BCUT2D eigenvalue weighted by Gasteiger charge is -2.27. The van der Waals surface area contributed by atoms with Gasteiger partial charge in [-0.3, -0.25) is 24.0 Å². The highest BCUT2D eigenvalue weighted by molar-refractivity contribution is 5.98. The number of nitrogens with zero attached hydrogens (tertiary/aromatic N) is 3. The fourth-order valence-corrected chi connectivity index (χ4v) is 6.31. The molecule has 0 fully saturated rings. The molecule has 0 saturated carbocycles. The Hall–Kier alpha value is -5.99. The van der Waals surface area contributed by atoms with Crippen LogP contribution in [0.3, 0.4) is 0 Å². The predicted octanol–water partition coefficient (Wildman–Crippen LogP) is 2.36. The maximum absolute atomic E-state index is 14.1. The molecule has 0 aliphatic carbocycles. The Labute approximate surface area is 320 Å². The highest BCUT2D eigenvalue weighted by Gasteiger charge is 2.31. The Bertz CT molecular complexity index is 2000. The second-order valence-corrected chi connectivity index (χ2v) is 14.0. The molecule has 15 heteroatoms. The SMILES string of the molecule is COc1ccc2cc1OCC(=O)NCCC[C@H](NC(=O)c1cc(C)n3nc(C)cc3n1)C(=O)N[C@@H](Cc1ccccc1)C(=O)N[C@H](C(C)C)C(=O)NCCC2. The molecule has 0 saturated heterocycles. The summed E-state index contributed by atoms with van der Waals surface area (Å²) in [5.74, 6) is -1.88. The third-order valence-corrected chi connectivity index (χ3v) is 9.26. The lowest BCUT2D eigenvalue weighted by Crippen LogP contribution is -2.58. The Kier molecular flexibility index (Phi) is 13.8. The van der Waals surface area contributed by atoms with Crippen LogP contribution in [0, 0.1) is 19.8 Å². The fourth-order valence-electron chi connectivity index (χ4n) is 6.31. The number of hydrogen-bond acceptors (Lipinski definition) is 9. The molecule has 1 aliphatic rings. The molecule has 0 spiro atoms. The Morgan fingerprint density at radius 3 is 2.45 bits per heavy atom. The van der Waals surface area contributed by atoms with Crippen LogP contribution in [-0.4, -0.2) is 89.1 Å². The number of benzene rings is 2. The molecule has 3 atom stereocenters. The van der Waals surface area contributed by atoms with Gasteiger partial charge in [0.25, 0.3) is 11.8 Å². The molecule has 2 bridgehead atoms. The third-order valence-electron chi connectivity index (χ3n) is 9.26. The van der Waals surface area contributed by atoms with E-state index in [-0.39, 0.29) is 49.4 Å². The van der Waals surface area contributed by atoms with Crippen molar-refractivity contribution in [2.45, 2.75) is 77.9 Å². The maximum atomic E-state index is 14.1. The van der Waals surface area contributed by atoms with Crippen LogP contribution in [0.2, 0.25) is 0 Å². The van der Waals surface area contributed by atoms with E-state index in [0.29, 0.717) is 48.6 Å². The number of carbonyl (C=O) groups excluding carboxylic acids is 5. The number of hydrogen-bond donors (Lipinski definition) is 5. The van der Waals surface area contributed by atoms with Gasteiger partial charge in [0.2, 0.25) is 17.7 Å². The van der Waals surface area contributed by atoms with Crippen molar-refractivity contribution in [1.29, 1.82) is 0 Å². The van der Waals surface area contributed by atoms with Crippen molar-refractivity contribution in [3.63, 3.8) is 0 Å². The van der Waals surface area contributed by atoms with Gasteiger partial charge in [0.1, 0.15) is 23.8 Å². The second-order valence-electron chi connectivity index (χ2n) is 14.0. The monoisotopic (exact) mass is 754 g/mol. The van der Waals surface area contributed by atoms with Gasteiger partial charge >= 0.3 is 0 Å². The summed E-state index contributed by atoms with van der Waals surface area (Å²) in [6.45, 7) is 7.53. The second kappa shape index (κ2) is 18.9. The topological polar surface area (TPSA) is 194 Å². The van der Waals surface area contributed by atoms with Crippen LogP contribution in [0.4, 0.5) is 0 Å². The van der Waals surface area contributed by atoms with Gasteiger partial charge in [0.05, 0.1) is 12.8 Å². The van der Waals surface area contributed by atoms with Crippen molar-refractivity contribution < 1.29 is 33.4 Å². The van der Waals surface area contributed by atoms with Gasteiger partial charge in [0, 0.05) is 31.3 Å². The van der Waals surface area contributed by atoms with Gasteiger partial charge in [-0.15, -0.1) is 0 Å². The van der Waals surface area contributed by atoms with Crippen molar-refractivity contribution in [2.75, 3.05) is 26.8 Å². The van der Waals surface area contributed by atoms with E-state index in [2.05, 4.69) is 36.7 Å². The van der Waals surface area contributed by atoms with E-state index in [1.165, 1.54) is 7.11 Å². The van der Waals surface area contributed by atoms with Crippen LogP contribution >= 0.6 is 0 Å². The number of methoxy groups -OCH3 is 1. The molecular weight excluding hydrogens is 704 g/mol. The summed E-state index contributed by atoms with van der Waals surface area (Å²) in [6.07, 6.45) is 1.74. The molecule has 5 amide bonds. The van der Waals surface area contributed by atoms with Crippen molar-refractivity contribution >= 4 is 35.2 Å². The summed E-state index contributed by atoms with van der Waals surface area (Å²) in [7, 11) is 1.51. The predicted molar refractivity (Wildman–Crippen MR) is 205 cm³/mol. The van der Waals surface area contributed by atoms with Crippen molar-refractivity contribution in [1.82, 2.24) is 41.2 Å². The molecule has 3 heterocycles. The minimum Gasteiger partial charge on any atom is -0.493 e. The van der Waals surface area contributed by atoms with E-state index in [4.69, 9.17) is 9.47 Å². The summed E-state index contributed by atoms with van der Waals surface area (Å²) in [5.41, 5.74) is 3.68. The summed E-state index contributed by atoms with van der Waals surface area (Å²) < 4.78 is 12.9. The molecule has 1 aliphatic heterocycles. The quantitative estimate of drug-likeness (QED) is 0.197. The number of rotatable bonds is 6. The smallest absolute Gasteiger partial charge is 0.270 e. The van der Waals surface area contributed by atoms with Gasteiger partial charge in [0.15, 0.2) is 23.8 Å². The third kappa shape index (κ3) is 11.0. The largest absolute Gasteiger partial charge is 0.493 e. The fraction of sp³-hybridized carbons (Fsp3) is 0.425. The summed E-state index contributed by atoms with van der Waals surface area (Å²) in [6, 6.07) is 14.9. The van der Waals surface area contributed by atoms with Crippen molar-refractivity contribution in [2.24, 2.45) is 5.92 Å². The standard InChI is InChI=1S/C40H50N8O7/c1-24(2)36-40(53)42-18-9-13-28-15-16-32(54-5)33(22-28)55-23-35(49)41-17-10-14-29(37(50)45-31(39(52)46-36)21-27-11-7-6-8-12-27)44-38(51)30-20-26(4)48-34(43-30)19-25(3)47-48/h6-8,11-12,15-16,19-20,22,24,29,31,36H,9-10,13-14,17-18,21,23H2,1-5H3,(H,41,49)(H,42,53)(H,44,51)(H,45,50)(H,46,52)/t29-,31-,36+/m0/s1. The molecular formula is C40H50N8O7. The molecule has 5 N–H and O–H groups in total. The average Bonchev–Trinajstić information content (AvgIpc) is 3.56. The van der Waals surface area contributed by atoms with Gasteiger partial charge in [-0.05, 0) is 74.8 Å². The van der Waals surface area contributed by atoms with Crippen LogP contribution in [0.1, 0.15) is 66.1 Å². The van der Waals surface area contributed by atoms with Crippen LogP contribution in [0.5, 0.6) is 11.5 Å². The lowest BCUT2D eigenvalue weighted by molar-refractivity contribution is -0.133. The first-order valence-electron chi connectivity index (χ1n) is 18.6. The molecule has 0 radical (unpaired) electrons. The zero-order valence-corrected chi connectivity index (χ0v) is 31.9. The Morgan fingerprint density at radius 2 is 1.71 bits per heavy atom. The van der Waals surface area contributed by atoms with Crippen LogP contribution < -0.4 is 36.1 Å². The molecule has 55 heavy (non-hydrogen) atoms. The Morgan fingerprint density at radius 1 is 0.945 bits per heavy atom. The van der Waals surface area contributed by atoms with Gasteiger partial charge in [-0.2, -0.15) is 5.10 Å². The van der Waals surface area contributed by atoms with Gasteiger partial charge in [-0.1, -0.05) is 50.2 Å². The van der Waals surface area contributed by atoms with Gasteiger partial charge < -0.3 is 36.1 Å². The summed E-state index contributed by atoms with van der Waals surface area (Å²) >= 11 is 0. The first-order valence-corrected chi connectivity index (χ1v) is 18.6. The number of carbonyl (C=O) groups is 5. The number of nitrogens with one attached hydrogen (secondary N) is 5. The highest BCUT2D eigenvalue weighted by atomic mass is 16.5. The molecule has 2 aromatic heterocycles. The summed E-state index contributed by atoms with van der Waals surface area (Å²) in [5, 5.41) is 18.7. The zero-order chi connectivity index (χ0) is 39.5. The van der Waals surface area contributed by atoms with E-state index in [0.717, 1.165) is 16.8 Å². The average molecular weight is 755 g/mol. The maximum Gasteiger partial charge on any atom is 0.270 e. The van der Waals surface area contributed by atoms with E-state index in [9.17, 15) is 24.0 Å². The number of amides is 5. The molecule has 2 aromatic carbocycles. The van der Waals surface area contributed by atoms with Crippen LogP contribution in [-0.2, 0) is 32.0 Å². The number of fused-ring (bicyclic) bond motifs is 3. The molecule has 4 aromatic rings. The molecule has 0 unspecified atom stereocenters. The van der Waals surface area contributed by atoms with E-state index < -0.39 is 35.8 Å². The number of aromatic nitrogens is 3. The number of aryl methyl sites for hydroxylation is 3. The van der Waals surface area contributed by atoms with Gasteiger partial charge in [-0.25, -0.2) is 9.50 Å². The van der Waals surface area contributed by atoms with Crippen LogP contribution in [0.25, 0.3) is 5.65 Å². The van der Waals surface area contributed by atoms with Crippen LogP contribution in [0.15, 0.2) is 60.7 Å². The van der Waals surface area contributed by atoms with E-state index >= 15 is 0 Å². The number of ether oxygens (including phenoxy) is 2. The first kappa shape index (κ1) is 40.2. The Balaban J connectivity index is 1.42. The highest BCUT2D eigenvalue weighted by Crippen LogP contribution is 2.28. The van der Waals surface area contributed by atoms with Crippen molar-refractivity contribution in [3.05, 3.63) is 88.9 Å². The molecule has 15 nitrogen and oxygen atoms in total. The van der Waals surface area contributed by atoms with E-state index in [1.807, 2.05) is 57.2 Å². The van der Waals surface area contributed by atoms with Crippen molar-refractivity contribution in [3.8, 4) is 11.5 Å². The normalized spacial score (nSPS) is 19.5. The first-order chi connectivity index (χ1) is 26.4. The molecule has 5 rings (SSSR count). The van der Waals surface area contributed by atoms with E-state index in [1.54, 1.807) is 35.7 Å². The minimum atomic E-state index is -1.12. The summed E-state index contributed by atoms with van der Waals surface area (Å²) in [4.78, 5) is 72.5. The molecule has 292 valence electrons. The zero-order valence-electron chi connectivity index (χ0n) is 31.9. The minimum absolute atomic E-state index is 0.0881.